The molecule has 7 heteroatoms. The van der Waals surface area contributed by atoms with Gasteiger partial charge in [0.05, 0.1) is 6.07 Å². The summed E-state index contributed by atoms with van der Waals surface area (Å²) in [5.41, 5.74) is -0.794. The van der Waals surface area contributed by atoms with Gasteiger partial charge in [-0.15, -0.1) is 0 Å². The molecule has 2 aliphatic carbocycles. The van der Waals surface area contributed by atoms with Crippen LogP contribution in [-0.2, 0) is 9.59 Å². The highest BCUT2D eigenvalue weighted by molar-refractivity contribution is 6.04. The van der Waals surface area contributed by atoms with Gasteiger partial charge in [-0.25, -0.2) is 4.79 Å². The van der Waals surface area contributed by atoms with Gasteiger partial charge in [0.2, 0.25) is 5.91 Å². The van der Waals surface area contributed by atoms with Gasteiger partial charge >= 0.3 is 6.03 Å². The minimum atomic E-state index is -0.794. The second-order valence-corrected chi connectivity index (χ2v) is 6.78. The summed E-state index contributed by atoms with van der Waals surface area (Å²) in [6, 6.07) is 2.08. The van der Waals surface area contributed by atoms with Gasteiger partial charge in [0.15, 0.2) is 0 Å². The molecule has 23 heavy (non-hydrogen) atoms. The zero-order valence-corrected chi connectivity index (χ0v) is 13.5. The topological polar surface area (TPSA) is 84.7 Å². The lowest BCUT2D eigenvalue weighted by Crippen LogP contribution is -2.53. The maximum atomic E-state index is 12.6. The summed E-state index contributed by atoms with van der Waals surface area (Å²) in [6.07, 6.45) is 6.08. The lowest BCUT2D eigenvalue weighted by Gasteiger charge is -2.39. The minimum absolute atomic E-state index is 0.0733. The molecule has 124 valence electrons. The van der Waals surface area contributed by atoms with Gasteiger partial charge in [-0.1, -0.05) is 19.3 Å². The highest BCUT2D eigenvalue weighted by Crippen LogP contribution is 2.33. The summed E-state index contributed by atoms with van der Waals surface area (Å²) in [5, 5.41) is 9.55. The van der Waals surface area contributed by atoms with Gasteiger partial charge in [-0.3, -0.25) is 14.5 Å². The number of imide groups is 1. The van der Waals surface area contributed by atoms with Gasteiger partial charge in [-0.2, -0.15) is 5.26 Å². The zero-order chi connectivity index (χ0) is 16.6. The number of carbonyl (C=O) groups excluding carboxylic acids is 3. The van der Waals surface area contributed by atoms with Gasteiger partial charge in [-0.05, 0) is 25.7 Å². The molecule has 0 N–H and O–H groups in total. The summed E-state index contributed by atoms with van der Waals surface area (Å²) in [4.78, 5) is 40.9. The Morgan fingerprint density at radius 1 is 1.30 bits per heavy atom. The Morgan fingerprint density at radius 2 is 1.96 bits per heavy atom. The number of nitriles is 1. The van der Waals surface area contributed by atoms with Crippen LogP contribution >= 0.6 is 0 Å². The van der Waals surface area contributed by atoms with Gasteiger partial charge in [0.25, 0.3) is 5.91 Å². The molecule has 3 aliphatic rings. The zero-order valence-electron chi connectivity index (χ0n) is 13.5. The number of nitrogens with zero attached hydrogens (tertiary/aromatic N) is 4. The smallest absolute Gasteiger partial charge is 0.325 e. The number of likely N-dealkylation sites (N-methyl/N-ethyl adjacent to an activating group) is 1. The Balaban J connectivity index is 1.67. The van der Waals surface area contributed by atoms with E-state index in [1.807, 2.05) is 0 Å². The molecule has 0 bridgehead atoms. The number of hydrogen-bond acceptors (Lipinski definition) is 4. The number of urea groups is 1. The normalized spacial score (nSPS) is 23.8. The van der Waals surface area contributed by atoms with Crippen molar-refractivity contribution in [1.29, 1.82) is 5.26 Å². The van der Waals surface area contributed by atoms with Crippen LogP contribution in [0, 0.1) is 11.3 Å². The van der Waals surface area contributed by atoms with E-state index in [1.54, 1.807) is 11.9 Å². The van der Waals surface area contributed by atoms with Crippen molar-refractivity contribution >= 4 is 17.8 Å². The van der Waals surface area contributed by atoms with Crippen LogP contribution in [0.3, 0.4) is 0 Å². The lowest BCUT2D eigenvalue weighted by atomic mass is 9.81. The SMILES string of the molecule is CN(C(=O)CN1C(=O)CN(C2CC2)C1=O)C1(C#N)CCCCC1. The first kappa shape index (κ1) is 15.8. The maximum Gasteiger partial charge on any atom is 0.327 e. The molecule has 0 radical (unpaired) electrons. The predicted molar refractivity (Wildman–Crippen MR) is 81.0 cm³/mol. The second kappa shape index (κ2) is 5.84. The van der Waals surface area contributed by atoms with Crippen LogP contribution in [0.1, 0.15) is 44.9 Å². The predicted octanol–water partition coefficient (Wildman–Crippen LogP) is 1.10. The van der Waals surface area contributed by atoms with Crippen LogP contribution in [0.25, 0.3) is 0 Å². The summed E-state index contributed by atoms with van der Waals surface area (Å²) >= 11 is 0. The van der Waals surface area contributed by atoms with Crippen molar-refractivity contribution in [2.24, 2.45) is 0 Å². The van der Waals surface area contributed by atoms with Gasteiger partial charge < -0.3 is 9.80 Å². The van der Waals surface area contributed by atoms with Crippen LogP contribution < -0.4 is 0 Å². The molecule has 2 saturated carbocycles. The molecule has 1 saturated heterocycles. The van der Waals surface area contributed by atoms with Crippen molar-refractivity contribution in [2.75, 3.05) is 20.1 Å². The van der Waals surface area contributed by atoms with Gasteiger partial charge in [0, 0.05) is 13.1 Å². The van der Waals surface area contributed by atoms with Crippen molar-refractivity contribution in [2.45, 2.75) is 56.5 Å². The molecular formula is C16H22N4O3. The summed E-state index contributed by atoms with van der Waals surface area (Å²) in [6.45, 7) is -0.190. The van der Waals surface area contributed by atoms with E-state index in [-0.39, 0.29) is 37.0 Å². The van der Waals surface area contributed by atoms with Crippen LogP contribution in [0.5, 0.6) is 0 Å². The average Bonchev–Trinajstić information content (AvgIpc) is 3.37. The van der Waals surface area contributed by atoms with E-state index in [0.717, 1.165) is 37.0 Å². The number of amides is 4. The van der Waals surface area contributed by atoms with Crippen LogP contribution in [0.15, 0.2) is 0 Å². The number of carbonyl (C=O) groups is 3. The van der Waals surface area contributed by atoms with E-state index in [9.17, 15) is 19.6 Å². The molecule has 0 spiro atoms. The fourth-order valence-corrected chi connectivity index (χ4v) is 3.53. The molecule has 4 amide bonds. The summed E-state index contributed by atoms with van der Waals surface area (Å²) in [7, 11) is 1.61. The molecule has 3 rings (SSSR count). The molecule has 0 aromatic rings. The van der Waals surface area contributed by atoms with E-state index in [0.29, 0.717) is 12.8 Å². The quantitative estimate of drug-likeness (QED) is 0.726. The maximum absolute atomic E-state index is 12.6. The number of rotatable bonds is 4. The molecule has 7 nitrogen and oxygen atoms in total. The third-order valence-electron chi connectivity index (χ3n) is 5.27. The lowest BCUT2D eigenvalue weighted by molar-refractivity contribution is -0.139. The fraction of sp³-hybridized carbons (Fsp3) is 0.750. The van der Waals surface area contributed by atoms with E-state index in [4.69, 9.17) is 0 Å². The molecular weight excluding hydrogens is 296 g/mol. The minimum Gasteiger partial charge on any atom is -0.325 e. The van der Waals surface area contributed by atoms with Gasteiger partial charge in [0.1, 0.15) is 18.6 Å². The monoisotopic (exact) mass is 318 g/mol. The van der Waals surface area contributed by atoms with Crippen molar-refractivity contribution in [1.82, 2.24) is 14.7 Å². The highest BCUT2D eigenvalue weighted by Gasteiger charge is 2.46. The van der Waals surface area contributed by atoms with Crippen molar-refractivity contribution in [3.8, 4) is 6.07 Å². The third kappa shape index (κ3) is 2.78. The van der Waals surface area contributed by atoms with E-state index < -0.39 is 5.54 Å². The largest absolute Gasteiger partial charge is 0.327 e. The Bertz CT molecular complexity index is 572. The molecule has 1 heterocycles. The highest BCUT2D eigenvalue weighted by atomic mass is 16.2. The fourth-order valence-electron chi connectivity index (χ4n) is 3.53. The molecule has 1 aliphatic heterocycles. The van der Waals surface area contributed by atoms with Crippen LogP contribution in [0.4, 0.5) is 4.79 Å². The first-order valence-corrected chi connectivity index (χ1v) is 8.27. The molecule has 0 unspecified atom stereocenters. The Hall–Kier alpha value is -2.10. The molecule has 0 aromatic heterocycles. The Labute approximate surface area is 135 Å². The first-order chi connectivity index (χ1) is 11.0. The molecule has 0 aromatic carbocycles. The standard InChI is InChI=1S/C16H22N4O3/c1-18(16(11-17)7-3-2-4-8-16)13(21)9-20-14(22)10-19(15(20)23)12-5-6-12/h12H,2-10H2,1H3. The van der Waals surface area contributed by atoms with Crippen molar-refractivity contribution in [3.63, 3.8) is 0 Å². The first-order valence-electron chi connectivity index (χ1n) is 8.27. The average molecular weight is 318 g/mol. The molecule has 0 atom stereocenters. The Kier molecular flexibility index (Phi) is 4.00. The van der Waals surface area contributed by atoms with Crippen LogP contribution in [-0.4, -0.2) is 64.3 Å². The second-order valence-electron chi connectivity index (χ2n) is 6.78. The van der Waals surface area contributed by atoms with E-state index in [2.05, 4.69) is 6.07 Å². The van der Waals surface area contributed by atoms with E-state index >= 15 is 0 Å². The number of hydrogen-bond donors (Lipinski definition) is 0. The summed E-state index contributed by atoms with van der Waals surface area (Å²) < 4.78 is 0. The van der Waals surface area contributed by atoms with E-state index in [1.165, 1.54) is 4.90 Å². The molecule has 3 fully saturated rings. The third-order valence-corrected chi connectivity index (χ3v) is 5.27. The van der Waals surface area contributed by atoms with Crippen LogP contribution in [0.2, 0.25) is 0 Å². The summed E-state index contributed by atoms with van der Waals surface area (Å²) in [5.74, 6) is -0.661. The van der Waals surface area contributed by atoms with Crippen molar-refractivity contribution < 1.29 is 14.4 Å². The Morgan fingerprint density at radius 3 is 2.52 bits per heavy atom. The van der Waals surface area contributed by atoms with Crippen molar-refractivity contribution in [3.05, 3.63) is 0 Å².